The average Bonchev–Trinajstić information content (AvgIpc) is 2.25. The third-order valence-corrected chi connectivity index (χ3v) is 1.44. The van der Waals surface area contributed by atoms with Crippen LogP contribution in [0.1, 0.15) is 41.5 Å². The summed E-state index contributed by atoms with van der Waals surface area (Å²) in [6.45, 7) is 12.2. The van der Waals surface area contributed by atoms with Crippen LogP contribution < -0.4 is 0 Å². The molecule has 5 heteroatoms. The Morgan fingerprint density at radius 2 is 0.842 bits per heavy atom. The van der Waals surface area contributed by atoms with Gasteiger partial charge in [-0.1, -0.05) is 41.5 Å². The molecule has 0 aromatic heterocycles. The fourth-order valence-electron chi connectivity index (χ4n) is 0.699. The summed E-state index contributed by atoms with van der Waals surface area (Å²) in [6, 6.07) is 1.13. The first kappa shape index (κ1) is 23.5. The standard InChI is InChI=1S/C8H16N2.C6H12N2.Ti/c1-7(2)9-5-6-10-8(3)4;1-6(2)8-5-4-7-3;/h5-8H,1-4H3;4-6H,1-3H3;/q2*-2;+4. The van der Waals surface area contributed by atoms with Gasteiger partial charge in [-0.25, -0.2) is 24.8 Å². The molecular formula is C14H28N4Ti. The van der Waals surface area contributed by atoms with Gasteiger partial charge >= 0.3 is 21.7 Å². The van der Waals surface area contributed by atoms with Crippen LogP contribution in [-0.4, -0.2) is 25.2 Å². The maximum atomic E-state index is 4.12. The summed E-state index contributed by atoms with van der Waals surface area (Å²) >= 11 is 0. The molecule has 0 saturated heterocycles. The second-order valence-electron chi connectivity index (χ2n) is 4.58. The Labute approximate surface area is 134 Å². The predicted molar refractivity (Wildman–Crippen MR) is 83.0 cm³/mol. The fraction of sp³-hybridized carbons (Fsp3) is 0.714. The Kier molecular flexibility index (Phi) is 21.5. The normalized spacial score (nSPS) is 10.4. The van der Waals surface area contributed by atoms with Crippen molar-refractivity contribution in [2.75, 3.05) is 7.05 Å². The number of hydrogen-bond acceptors (Lipinski definition) is 0. The van der Waals surface area contributed by atoms with Gasteiger partial charge in [0.25, 0.3) is 0 Å². The molecule has 0 bridgehead atoms. The maximum Gasteiger partial charge on any atom is 4.00 e. The van der Waals surface area contributed by atoms with Gasteiger partial charge in [-0.3, -0.25) is 0 Å². The number of hydrogen-bond donors (Lipinski definition) is 0. The Morgan fingerprint density at radius 3 is 1.05 bits per heavy atom. The molecular weight excluding hydrogens is 272 g/mol. The van der Waals surface area contributed by atoms with Crippen molar-refractivity contribution in [2.24, 2.45) is 0 Å². The van der Waals surface area contributed by atoms with E-state index in [1.54, 1.807) is 31.8 Å². The minimum absolute atomic E-state index is 0. The van der Waals surface area contributed by atoms with Crippen molar-refractivity contribution in [3.8, 4) is 0 Å². The first-order valence-corrected chi connectivity index (χ1v) is 6.39. The summed E-state index contributed by atoms with van der Waals surface area (Å²) in [6.07, 6.45) is 6.90. The van der Waals surface area contributed by atoms with Crippen molar-refractivity contribution in [1.82, 2.24) is 0 Å². The number of rotatable bonds is 7. The molecule has 0 atom stereocenters. The average molecular weight is 300 g/mol. The molecule has 19 heavy (non-hydrogen) atoms. The van der Waals surface area contributed by atoms with E-state index in [-0.39, 0.29) is 21.7 Å². The molecule has 0 N–H and O–H groups in total. The van der Waals surface area contributed by atoms with Gasteiger partial charge in [-0.15, -0.1) is 25.2 Å². The minimum atomic E-state index is 0. The maximum absolute atomic E-state index is 4.12. The molecule has 0 aliphatic heterocycles. The van der Waals surface area contributed by atoms with Crippen molar-refractivity contribution in [3.05, 3.63) is 46.1 Å². The third kappa shape index (κ3) is 31.8. The second kappa shape index (κ2) is 17.4. The fourth-order valence-corrected chi connectivity index (χ4v) is 0.699. The summed E-state index contributed by atoms with van der Waals surface area (Å²) in [7, 11) is 1.73. The van der Waals surface area contributed by atoms with Crippen LogP contribution in [0, 0.1) is 0 Å². The largest absolute Gasteiger partial charge is 4.00 e. The van der Waals surface area contributed by atoms with Crippen LogP contribution in [0.5, 0.6) is 0 Å². The van der Waals surface area contributed by atoms with E-state index in [9.17, 15) is 0 Å². The zero-order valence-electron chi connectivity index (χ0n) is 13.3. The molecule has 0 saturated carbocycles. The summed E-state index contributed by atoms with van der Waals surface area (Å²) in [4.78, 5) is 0. The molecule has 0 amide bonds. The molecule has 0 rings (SSSR count). The van der Waals surface area contributed by atoms with Gasteiger partial charge in [0.1, 0.15) is 0 Å². The summed E-state index contributed by atoms with van der Waals surface area (Å²) in [5.41, 5.74) is 0. The molecule has 108 valence electrons. The van der Waals surface area contributed by atoms with E-state index in [2.05, 4.69) is 21.3 Å². The molecule has 0 aromatic carbocycles. The van der Waals surface area contributed by atoms with E-state index in [4.69, 9.17) is 0 Å². The van der Waals surface area contributed by atoms with E-state index in [0.717, 1.165) is 0 Å². The SMILES string of the molecule is CC(C)[N-]C=C[N-]C(C)C.C[N-]C=C[N-]C(C)C.[Ti+4]. The van der Waals surface area contributed by atoms with Crippen LogP contribution in [0.2, 0.25) is 0 Å². The zero-order chi connectivity index (χ0) is 14.4. The summed E-state index contributed by atoms with van der Waals surface area (Å²) in [5.74, 6) is 0. The predicted octanol–water partition coefficient (Wildman–Crippen LogP) is 5.26. The first-order chi connectivity index (χ1) is 8.40. The van der Waals surface area contributed by atoms with Gasteiger partial charge in [0.15, 0.2) is 0 Å². The van der Waals surface area contributed by atoms with Gasteiger partial charge in [0.2, 0.25) is 0 Å². The van der Waals surface area contributed by atoms with E-state index >= 15 is 0 Å². The molecule has 0 radical (unpaired) electrons. The monoisotopic (exact) mass is 300 g/mol. The van der Waals surface area contributed by atoms with Crippen LogP contribution in [0.3, 0.4) is 0 Å². The van der Waals surface area contributed by atoms with E-state index in [0.29, 0.717) is 18.1 Å². The minimum Gasteiger partial charge on any atom is -0.695 e. The molecule has 4 nitrogen and oxygen atoms in total. The van der Waals surface area contributed by atoms with Crippen molar-refractivity contribution in [3.63, 3.8) is 0 Å². The molecule has 0 fully saturated rings. The molecule has 0 spiro atoms. The first-order valence-electron chi connectivity index (χ1n) is 6.39. The van der Waals surface area contributed by atoms with Crippen LogP contribution in [0.15, 0.2) is 24.8 Å². The van der Waals surface area contributed by atoms with Crippen molar-refractivity contribution in [1.29, 1.82) is 0 Å². The van der Waals surface area contributed by atoms with E-state index in [1.165, 1.54) is 0 Å². The van der Waals surface area contributed by atoms with Gasteiger partial charge in [0.05, 0.1) is 0 Å². The molecule has 0 aromatic rings. The van der Waals surface area contributed by atoms with Crippen LogP contribution in [-0.2, 0) is 21.7 Å². The van der Waals surface area contributed by atoms with Gasteiger partial charge < -0.3 is 21.3 Å². The summed E-state index contributed by atoms with van der Waals surface area (Å²) < 4.78 is 0. The zero-order valence-corrected chi connectivity index (χ0v) is 14.9. The van der Waals surface area contributed by atoms with Gasteiger partial charge in [-0.05, 0) is 0 Å². The molecule has 0 aliphatic carbocycles. The van der Waals surface area contributed by atoms with E-state index in [1.807, 2.05) is 41.5 Å². The summed E-state index contributed by atoms with van der Waals surface area (Å²) in [5, 5.41) is 16.0. The quantitative estimate of drug-likeness (QED) is 0.576. The van der Waals surface area contributed by atoms with Crippen molar-refractivity contribution in [2.45, 2.75) is 59.7 Å². The Bertz CT molecular complexity index is 201. The van der Waals surface area contributed by atoms with Gasteiger partial charge in [-0.2, -0.15) is 0 Å². The Hall–Kier alpha value is -0.606. The van der Waals surface area contributed by atoms with Crippen LogP contribution in [0.4, 0.5) is 0 Å². The molecule has 0 heterocycles. The van der Waals surface area contributed by atoms with Crippen molar-refractivity contribution >= 4 is 0 Å². The molecule has 0 unspecified atom stereocenters. The van der Waals surface area contributed by atoms with Crippen molar-refractivity contribution < 1.29 is 21.7 Å². The van der Waals surface area contributed by atoms with E-state index < -0.39 is 0 Å². The van der Waals surface area contributed by atoms with Crippen LogP contribution >= 0.6 is 0 Å². The third-order valence-electron chi connectivity index (χ3n) is 1.44. The van der Waals surface area contributed by atoms with Crippen LogP contribution in [0.25, 0.3) is 21.3 Å². The smallest absolute Gasteiger partial charge is 0.695 e. The second-order valence-corrected chi connectivity index (χ2v) is 4.58. The number of nitrogens with zero attached hydrogens (tertiary/aromatic N) is 4. The van der Waals surface area contributed by atoms with Gasteiger partial charge in [0, 0.05) is 0 Å². The topological polar surface area (TPSA) is 56.4 Å². The Morgan fingerprint density at radius 1 is 0.579 bits per heavy atom. The Balaban J connectivity index is -0.000000262. The molecule has 0 aliphatic rings.